The Kier molecular flexibility index (Phi) is 4.30. The van der Waals surface area contributed by atoms with Gasteiger partial charge in [0, 0.05) is 23.2 Å². The molecule has 1 aliphatic heterocycles. The average Bonchev–Trinajstić information content (AvgIpc) is 2.99. The summed E-state index contributed by atoms with van der Waals surface area (Å²) in [6.45, 7) is 17.0. The summed E-state index contributed by atoms with van der Waals surface area (Å²) in [5, 5.41) is 0. The second kappa shape index (κ2) is 6.28. The molecule has 0 aromatic heterocycles. The number of Topliss-reactive ketones (excluding diaryl/α,β-unsaturated/α-hetero) is 1. The molecule has 1 saturated heterocycles. The number of esters is 1. The average molecular weight is 455 g/mol. The summed E-state index contributed by atoms with van der Waals surface area (Å²) in [4.78, 5) is 26.3. The van der Waals surface area contributed by atoms with Crippen molar-refractivity contribution in [3.63, 3.8) is 0 Å². The second-order valence-corrected chi connectivity index (χ2v) is 15.3. The Morgan fingerprint density at radius 3 is 2.15 bits per heavy atom. The van der Waals surface area contributed by atoms with Crippen molar-refractivity contribution in [3.8, 4) is 0 Å². The van der Waals surface area contributed by atoms with Crippen LogP contribution in [-0.2, 0) is 14.3 Å². The smallest absolute Gasteiger partial charge is 0.312 e. The number of fused-ring (bicyclic) bond motifs is 5. The van der Waals surface area contributed by atoms with E-state index in [1.165, 1.54) is 32.1 Å². The monoisotopic (exact) mass is 454 g/mol. The third-order valence-corrected chi connectivity index (χ3v) is 13.8. The molecular formula is C30H46O3. The number of ketones is 1. The first-order valence-electron chi connectivity index (χ1n) is 14.0. The lowest BCUT2D eigenvalue weighted by Crippen LogP contribution is -2.67. The fourth-order valence-corrected chi connectivity index (χ4v) is 11.6. The van der Waals surface area contributed by atoms with Crippen molar-refractivity contribution in [3.05, 3.63) is 0 Å². The summed E-state index contributed by atoms with van der Waals surface area (Å²) >= 11 is 0. The first-order chi connectivity index (χ1) is 15.2. The van der Waals surface area contributed by atoms with Crippen LogP contribution in [0.3, 0.4) is 0 Å². The lowest BCUT2D eigenvalue weighted by atomic mass is 9.31. The highest BCUT2D eigenvalue weighted by atomic mass is 16.6. The molecule has 5 aliphatic carbocycles. The molecule has 6 rings (SSSR count). The van der Waals surface area contributed by atoms with Crippen LogP contribution >= 0.6 is 0 Å². The molecule has 33 heavy (non-hydrogen) atoms. The maximum absolute atomic E-state index is 13.3. The van der Waals surface area contributed by atoms with E-state index in [0.29, 0.717) is 29.5 Å². The standard InChI is InChI=1S/C30H46O3/c1-25(2)14-16-30-17-15-28(6)18(22(30)23(25)33-24(30)32)8-9-20-27(5)12-11-21(31)26(3,4)19(27)10-13-29(20,28)7/h18-20,22-23H,8-17H2,1-7H3/t18-,19-,20-,22-,23+,27-,28-,29-,30-/m0/s1. The molecule has 3 nitrogen and oxygen atoms in total. The lowest BCUT2D eigenvalue weighted by Gasteiger charge is -2.72. The summed E-state index contributed by atoms with van der Waals surface area (Å²) in [6, 6.07) is 0. The van der Waals surface area contributed by atoms with Crippen molar-refractivity contribution in [1.82, 2.24) is 0 Å². The fourth-order valence-electron chi connectivity index (χ4n) is 11.6. The van der Waals surface area contributed by atoms with Gasteiger partial charge in [0.15, 0.2) is 0 Å². The SMILES string of the molecule is CC1(C)CC[C@]23CC[C@@]4(C)[C@@H](CC[C@H]5[C@@]6(C)CCC(=O)C(C)(C)[C@@H]6CC[C@@]54C)[C@H]2[C@H]1OC3=O. The molecule has 0 amide bonds. The normalized spacial score (nSPS) is 56.2. The van der Waals surface area contributed by atoms with E-state index in [4.69, 9.17) is 4.74 Å². The van der Waals surface area contributed by atoms with Crippen LogP contribution in [0, 0.1) is 56.2 Å². The number of ether oxygens (including phenoxy) is 1. The molecule has 6 fully saturated rings. The zero-order valence-corrected chi connectivity index (χ0v) is 22.2. The van der Waals surface area contributed by atoms with Crippen LogP contribution in [0.25, 0.3) is 0 Å². The van der Waals surface area contributed by atoms with Crippen molar-refractivity contribution >= 4 is 11.8 Å². The molecule has 0 aromatic rings. The van der Waals surface area contributed by atoms with Crippen molar-refractivity contribution < 1.29 is 14.3 Å². The summed E-state index contributed by atoms with van der Waals surface area (Å²) in [5.74, 6) is 2.80. The first-order valence-corrected chi connectivity index (χ1v) is 14.0. The fraction of sp³-hybridized carbons (Fsp3) is 0.933. The van der Waals surface area contributed by atoms with Gasteiger partial charge < -0.3 is 4.74 Å². The van der Waals surface area contributed by atoms with Crippen LogP contribution in [0.15, 0.2) is 0 Å². The Labute approximate surface area is 201 Å². The summed E-state index contributed by atoms with van der Waals surface area (Å²) in [5.41, 5.74) is 0.494. The summed E-state index contributed by atoms with van der Waals surface area (Å²) < 4.78 is 6.27. The topological polar surface area (TPSA) is 43.4 Å². The van der Waals surface area contributed by atoms with Crippen LogP contribution < -0.4 is 0 Å². The number of carbonyl (C=O) groups excluding carboxylic acids is 2. The minimum Gasteiger partial charge on any atom is -0.461 e. The Morgan fingerprint density at radius 1 is 0.727 bits per heavy atom. The Balaban J connectivity index is 1.42. The van der Waals surface area contributed by atoms with Gasteiger partial charge in [-0.1, -0.05) is 48.5 Å². The van der Waals surface area contributed by atoms with Crippen molar-refractivity contribution in [2.24, 2.45) is 56.2 Å². The predicted octanol–water partition coefficient (Wildman–Crippen LogP) is 6.97. The number of carbonyl (C=O) groups is 2. The molecule has 1 heterocycles. The molecule has 0 aromatic carbocycles. The molecule has 0 spiro atoms. The number of rotatable bonds is 0. The molecule has 9 atom stereocenters. The molecular weight excluding hydrogens is 408 g/mol. The van der Waals surface area contributed by atoms with Crippen molar-refractivity contribution in [2.75, 3.05) is 0 Å². The van der Waals surface area contributed by atoms with Gasteiger partial charge in [0.1, 0.15) is 11.9 Å². The minimum atomic E-state index is -0.200. The molecule has 2 bridgehead atoms. The highest BCUT2D eigenvalue weighted by Crippen LogP contribution is 2.77. The van der Waals surface area contributed by atoms with Gasteiger partial charge in [-0.3, -0.25) is 9.59 Å². The van der Waals surface area contributed by atoms with E-state index in [-0.39, 0.29) is 44.6 Å². The van der Waals surface area contributed by atoms with Gasteiger partial charge in [0.05, 0.1) is 5.41 Å². The maximum Gasteiger partial charge on any atom is 0.312 e. The number of hydrogen-bond donors (Lipinski definition) is 0. The Bertz CT molecular complexity index is 918. The second-order valence-electron chi connectivity index (χ2n) is 15.3. The largest absolute Gasteiger partial charge is 0.461 e. The first kappa shape index (κ1) is 22.6. The number of hydrogen-bond acceptors (Lipinski definition) is 3. The van der Waals surface area contributed by atoms with Crippen LogP contribution in [0.2, 0.25) is 0 Å². The molecule has 5 saturated carbocycles. The summed E-state index contributed by atoms with van der Waals surface area (Å²) in [7, 11) is 0. The molecule has 0 unspecified atom stereocenters. The van der Waals surface area contributed by atoms with E-state index < -0.39 is 0 Å². The molecule has 6 aliphatic rings. The van der Waals surface area contributed by atoms with Gasteiger partial charge in [0.25, 0.3) is 0 Å². The van der Waals surface area contributed by atoms with Gasteiger partial charge in [0.2, 0.25) is 0 Å². The van der Waals surface area contributed by atoms with Crippen molar-refractivity contribution in [1.29, 1.82) is 0 Å². The zero-order chi connectivity index (χ0) is 23.8. The molecule has 0 N–H and O–H groups in total. The van der Waals surface area contributed by atoms with Crippen molar-refractivity contribution in [2.45, 2.75) is 119 Å². The maximum atomic E-state index is 13.3. The lowest BCUT2D eigenvalue weighted by molar-refractivity contribution is -0.239. The third-order valence-electron chi connectivity index (χ3n) is 13.8. The van der Waals surface area contributed by atoms with Gasteiger partial charge in [-0.05, 0) is 91.8 Å². The van der Waals surface area contributed by atoms with Gasteiger partial charge >= 0.3 is 5.97 Å². The Hall–Kier alpha value is -0.860. The highest BCUT2D eigenvalue weighted by molar-refractivity contribution is 5.85. The van der Waals surface area contributed by atoms with E-state index in [0.717, 1.165) is 32.1 Å². The Morgan fingerprint density at radius 2 is 1.42 bits per heavy atom. The van der Waals surface area contributed by atoms with Crippen LogP contribution in [-0.4, -0.2) is 17.9 Å². The molecule has 3 heteroatoms. The summed E-state index contributed by atoms with van der Waals surface area (Å²) in [6.07, 6.45) is 11.2. The van der Waals surface area contributed by atoms with E-state index >= 15 is 0 Å². The van der Waals surface area contributed by atoms with Gasteiger partial charge in [-0.15, -0.1) is 0 Å². The third kappa shape index (κ3) is 2.39. The van der Waals surface area contributed by atoms with Gasteiger partial charge in [-0.2, -0.15) is 0 Å². The van der Waals surface area contributed by atoms with Crippen LogP contribution in [0.1, 0.15) is 113 Å². The van der Waals surface area contributed by atoms with E-state index in [1.807, 2.05) is 0 Å². The zero-order valence-electron chi connectivity index (χ0n) is 22.2. The molecule has 0 radical (unpaired) electrons. The predicted molar refractivity (Wildman–Crippen MR) is 129 cm³/mol. The highest BCUT2D eigenvalue weighted by Gasteiger charge is 2.75. The minimum absolute atomic E-state index is 0.0910. The quantitative estimate of drug-likeness (QED) is 0.371. The molecule has 184 valence electrons. The van der Waals surface area contributed by atoms with E-state index in [1.54, 1.807) is 0 Å². The van der Waals surface area contributed by atoms with E-state index in [2.05, 4.69) is 48.5 Å². The van der Waals surface area contributed by atoms with Crippen LogP contribution in [0.4, 0.5) is 0 Å². The van der Waals surface area contributed by atoms with Crippen LogP contribution in [0.5, 0.6) is 0 Å². The van der Waals surface area contributed by atoms with E-state index in [9.17, 15) is 9.59 Å². The van der Waals surface area contributed by atoms with Gasteiger partial charge in [-0.25, -0.2) is 0 Å².